The number of aromatic nitrogens is 2. The van der Waals surface area contributed by atoms with Gasteiger partial charge in [0.15, 0.2) is 11.5 Å². The second kappa shape index (κ2) is 14.8. The number of hydrogen-bond donors (Lipinski definition) is 3. The van der Waals surface area contributed by atoms with Crippen molar-refractivity contribution >= 4 is 40.3 Å². The van der Waals surface area contributed by atoms with Crippen LogP contribution in [0.25, 0.3) is 22.2 Å². The molecule has 0 saturated heterocycles. The Hall–Kier alpha value is -4.71. The minimum atomic E-state index is -0.677. The highest BCUT2D eigenvalue weighted by Crippen LogP contribution is 2.50. The third-order valence-corrected chi connectivity index (χ3v) is 9.12. The number of amides is 2. The number of anilines is 1. The molecule has 0 fully saturated rings. The lowest BCUT2D eigenvalue weighted by Gasteiger charge is -2.19. The van der Waals surface area contributed by atoms with Gasteiger partial charge < -0.3 is 34.7 Å². The van der Waals surface area contributed by atoms with Gasteiger partial charge in [-0.15, -0.1) is 0 Å². The molecule has 0 spiro atoms. The maximum Gasteiger partial charge on any atom is 0.242 e. The summed E-state index contributed by atoms with van der Waals surface area (Å²) in [5.41, 5.74) is 4.85. The zero-order chi connectivity index (χ0) is 33.7. The Kier molecular flexibility index (Phi) is 10.6. The fourth-order valence-corrected chi connectivity index (χ4v) is 6.63. The third kappa shape index (κ3) is 7.02. The van der Waals surface area contributed by atoms with Crippen LogP contribution in [0.3, 0.4) is 0 Å². The third-order valence-electron chi connectivity index (χ3n) is 8.47. The van der Waals surface area contributed by atoms with E-state index in [1.165, 1.54) is 6.92 Å². The molecular formula is C35H41N5O6S. The zero-order valence-electron chi connectivity index (χ0n) is 27.6. The first-order chi connectivity index (χ1) is 22.7. The fraction of sp³-hybridized carbons (Fsp3) is 0.371. The van der Waals surface area contributed by atoms with E-state index < -0.39 is 12.1 Å². The SMILES string of the molecule is COc1cc2c(c(OC)c1OC)-c1ccc(N[C@H](CCSC)C(=O)NCc3nc4ccccc4n3C)c(=O)cc1[C@H](NC(C)=O)CC2. The van der Waals surface area contributed by atoms with Crippen LogP contribution in [-0.4, -0.2) is 60.7 Å². The Morgan fingerprint density at radius 2 is 1.83 bits per heavy atom. The van der Waals surface area contributed by atoms with Gasteiger partial charge in [-0.3, -0.25) is 14.4 Å². The van der Waals surface area contributed by atoms with Crippen molar-refractivity contribution in [3.63, 3.8) is 0 Å². The van der Waals surface area contributed by atoms with Crippen LogP contribution in [0.2, 0.25) is 0 Å². The summed E-state index contributed by atoms with van der Waals surface area (Å²) in [5.74, 6) is 2.41. The van der Waals surface area contributed by atoms with E-state index in [2.05, 4.69) is 20.9 Å². The Bertz CT molecular complexity index is 1860. The van der Waals surface area contributed by atoms with Gasteiger partial charge in [0.25, 0.3) is 0 Å². The molecule has 0 bridgehead atoms. The summed E-state index contributed by atoms with van der Waals surface area (Å²) in [6, 6.07) is 13.7. The van der Waals surface area contributed by atoms with Gasteiger partial charge in [-0.1, -0.05) is 18.2 Å². The number of rotatable bonds is 12. The molecule has 5 rings (SSSR count). The fourth-order valence-electron chi connectivity index (χ4n) is 6.16. The van der Waals surface area contributed by atoms with Gasteiger partial charge in [0.1, 0.15) is 11.9 Å². The van der Waals surface area contributed by atoms with E-state index in [0.29, 0.717) is 53.4 Å². The van der Waals surface area contributed by atoms with Gasteiger partial charge in [-0.25, -0.2) is 4.98 Å². The Balaban J connectivity index is 1.53. The summed E-state index contributed by atoms with van der Waals surface area (Å²) in [5, 5.41) is 9.28. The molecule has 0 aliphatic heterocycles. The van der Waals surface area contributed by atoms with Crippen molar-refractivity contribution in [3.05, 3.63) is 75.7 Å². The molecule has 2 amide bonds. The number of para-hydroxylation sites is 2. The monoisotopic (exact) mass is 659 g/mol. The number of aryl methyl sites for hydroxylation is 2. The molecule has 4 aromatic rings. The molecule has 0 saturated carbocycles. The topological polar surface area (TPSA) is 133 Å². The maximum atomic E-state index is 13.9. The molecule has 248 valence electrons. The number of ether oxygens (including phenoxy) is 3. The Labute approximate surface area is 278 Å². The Morgan fingerprint density at radius 1 is 1.06 bits per heavy atom. The summed E-state index contributed by atoms with van der Waals surface area (Å²) in [7, 11) is 6.59. The molecule has 12 heteroatoms. The lowest BCUT2D eigenvalue weighted by atomic mass is 9.95. The lowest BCUT2D eigenvalue weighted by Crippen LogP contribution is -2.41. The highest BCUT2D eigenvalue weighted by atomic mass is 32.2. The van der Waals surface area contributed by atoms with Crippen molar-refractivity contribution < 1.29 is 23.8 Å². The summed E-state index contributed by atoms with van der Waals surface area (Å²) < 4.78 is 19.1. The number of nitrogens with one attached hydrogen (secondary N) is 3. The molecule has 11 nitrogen and oxygen atoms in total. The molecule has 47 heavy (non-hydrogen) atoms. The number of hydrogen-bond acceptors (Lipinski definition) is 9. The molecule has 1 heterocycles. The smallest absolute Gasteiger partial charge is 0.242 e. The molecule has 1 aliphatic carbocycles. The summed E-state index contributed by atoms with van der Waals surface area (Å²) in [4.78, 5) is 44.4. The molecule has 3 N–H and O–H groups in total. The number of carbonyl (C=O) groups excluding carboxylic acids is 2. The quantitative estimate of drug-likeness (QED) is 0.200. The molecule has 2 atom stereocenters. The number of fused-ring (bicyclic) bond motifs is 4. The minimum Gasteiger partial charge on any atom is -0.493 e. The van der Waals surface area contributed by atoms with E-state index in [1.54, 1.807) is 45.2 Å². The van der Waals surface area contributed by atoms with Gasteiger partial charge in [0, 0.05) is 19.5 Å². The van der Waals surface area contributed by atoms with Gasteiger partial charge in [-0.2, -0.15) is 11.8 Å². The molecule has 0 radical (unpaired) electrons. The van der Waals surface area contributed by atoms with Crippen LogP contribution >= 0.6 is 11.8 Å². The Morgan fingerprint density at radius 3 is 2.51 bits per heavy atom. The highest BCUT2D eigenvalue weighted by Gasteiger charge is 2.30. The van der Waals surface area contributed by atoms with Crippen molar-refractivity contribution in [2.24, 2.45) is 7.05 Å². The van der Waals surface area contributed by atoms with Crippen molar-refractivity contribution in [2.75, 3.05) is 38.7 Å². The predicted molar refractivity (Wildman–Crippen MR) is 186 cm³/mol. The predicted octanol–water partition coefficient (Wildman–Crippen LogP) is 4.60. The van der Waals surface area contributed by atoms with E-state index in [4.69, 9.17) is 14.2 Å². The number of methoxy groups -OCH3 is 3. The zero-order valence-corrected chi connectivity index (χ0v) is 28.4. The molecule has 0 unspecified atom stereocenters. The van der Waals surface area contributed by atoms with Gasteiger partial charge in [-0.05, 0) is 78.3 Å². The molecule has 1 aliphatic rings. The van der Waals surface area contributed by atoms with Crippen molar-refractivity contribution in [2.45, 2.75) is 44.8 Å². The second-order valence-electron chi connectivity index (χ2n) is 11.4. The second-order valence-corrected chi connectivity index (χ2v) is 12.4. The first-order valence-electron chi connectivity index (χ1n) is 15.4. The van der Waals surface area contributed by atoms with E-state index in [0.717, 1.165) is 28.0 Å². The summed E-state index contributed by atoms with van der Waals surface area (Å²) in [6.07, 6.45) is 3.61. The number of nitrogens with zero attached hydrogens (tertiary/aromatic N) is 2. The van der Waals surface area contributed by atoms with E-state index in [1.807, 2.05) is 54.3 Å². The highest BCUT2D eigenvalue weighted by molar-refractivity contribution is 7.98. The minimum absolute atomic E-state index is 0.208. The maximum absolute atomic E-state index is 13.9. The normalized spacial score (nSPS) is 14.3. The first kappa shape index (κ1) is 33.6. The van der Waals surface area contributed by atoms with Crippen LogP contribution in [0.5, 0.6) is 17.2 Å². The van der Waals surface area contributed by atoms with Crippen LogP contribution in [-0.2, 0) is 29.6 Å². The average molecular weight is 660 g/mol. The molecule has 3 aromatic carbocycles. The van der Waals surface area contributed by atoms with E-state index >= 15 is 0 Å². The standard InChI is InChI=1S/C35H41N5O6S/c1-20(41)37-24-13-11-21-17-30(44-3)33(45-4)34(46-5)32(21)22-12-14-26(29(42)18-23(22)24)38-27(15-16-47-6)35(43)36-19-31-39-25-9-7-8-10-28(25)40(31)2/h7-10,12,14,17-18,24,27H,11,13,15-16,19H2,1-6H3,(H,36,43)(H,37,41)(H,38,42)/t24-,27-/m1/s1. The number of thioether (sulfide) groups is 1. The van der Waals surface area contributed by atoms with Crippen LogP contribution < -0.4 is 35.6 Å². The largest absolute Gasteiger partial charge is 0.493 e. The molecule has 1 aromatic heterocycles. The van der Waals surface area contributed by atoms with Crippen LogP contribution in [0.4, 0.5) is 5.69 Å². The van der Waals surface area contributed by atoms with Gasteiger partial charge in [0.2, 0.25) is 23.0 Å². The van der Waals surface area contributed by atoms with E-state index in [-0.39, 0.29) is 29.5 Å². The van der Waals surface area contributed by atoms with Crippen molar-refractivity contribution in [3.8, 4) is 28.4 Å². The first-order valence-corrected chi connectivity index (χ1v) is 16.8. The van der Waals surface area contributed by atoms with Gasteiger partial charge >= 0.3 is 0 Å². The van der Waals surface area contributed by atoms with Crippen LogP contribution in [0, 0.1) is 0 Å². The summed E-state index contributed by atoms with van der Waals surface area (Å²) in [6.45, 7) is 1.70. The van der Waals surface area contributed by atoms with Crippen molar-refractivity contribution in [1.82, 2.24) is 20.2 Å². The number of imidazole rings is 1. The van der Waals surface area contributed by atoms with E-state index in [9.17, 15) is 14.4 Å². The number of benzene rings is 2. The summed E-state index contributed by atoms with van der Waals surface area (Å²) >= 11 is 1.62. The lowest BCUT2D eigenvalue weighted by molar-refractivity contribution is -0.122. The van der Waals surface area contributed by atoms with Crippen LogP contribution in [0.15, 0.2) is 53.3 Å². The average Bonchev–Trinajstić information content (AvgIpc) is 3.20. The molecular weight excluding hydrogens is 618 g/mol. The van der Waals surface area contributed by atoms with Crippen LogP contribution in [0.1, 0.15) is 42.8 Å². The number of carbonyl (C=O) groups is 2. The van der Waals surface area contributed by atoms with Gasteiger partial charge in [0.05, 0.1) is 50.6 Å². The van der Waals surface area contributed by atoms with Crippen molar-refractivity contribution in [1.29, 1.82) is 0 Å².